The second-order valence-electron chi connectivity index (χ2n) is 5.05. The Hall–Kier alpha value is -2.98. The maximum Gasteiger partial charge on any atom is 0.417 e. The van der Waals surface area contributed by atoms with Crippen molar-refractivity contribution in [3.8, 4) is 11.5 Å². The van der Waals surface area contributed by atoms with E-state index < -0.39 is 15.8 Å². The molecule has 0 radical (unpaired) electrons. The Morgan fingerprint density at radius 1 is 1.35 bits per heavy atom. The first-order valence-corrected chi connectivity index (χ1v) is 8.91. The van der Waals surface area contributed by atoms with Crippen LogP contribution in [-0.4, -0.2) is 31.8 Å². The minimum absolute atomic E-state index is 0.0391. The third kappa shape index (κ3) is 3.37. The van der Waals surface area contributed by atoms with Gasteiger partial charge in [0.1, 0.15) is 0 Å². The summed E-state index contributed by atoms with van der Waals surface area (Å²) in [6.45, 7) is 0. The summed E-state index contributed by atoms with van der Waals surface area (Å²) in [5.41, 5.74) is 0.752. The van der Waals surface area contributed by atoms with Crippen LogP contribution in [0.25, 0.3) is 11.1 Å². The number of hydrogen-bond donors (Lipinski definition) is 3. The molecule has 0 amide bonds. The first kappa shape index (κ1) is 17.8. The zero-order valence-electron chi connectivity index (χ0n) is 13.2. The van der Waals surface area contributed by atoms with Crippen LogP contribution in [0, 0.1) is 0 Å². The van der Waals surface area contributed by atoms with E-state index in [0.29, 0.717) is 5.52 Å². The van der Waals surface area contributed by atoms with Gasteiger partial charge >= 0.3 is 5.76 Å². The van der Waals surface area contributed by atoms with Gasteiger partial charge in [-0.15, -0.1) is 0 Å². The van der Waals surface area contributed by atoms with Crippen LogP contribution in [0.5, 0.6) is 11.5 Å². The van der Waals surface area contributed by atoms with Crippen molar-refractivity contribution in [1.29, 1.82) is 0 Å². The maximum atomic E-state index is 12.3. The highest BCUT2D eigenvalue weighted by Gasteiger charge is 2.15. The molecule has 0 aliphatic rings. The molecule has 0 unspecified atom stereocenters. The third-order valence-electron chi connectivity index (χ3n) is 3.41. The van der Waals surface area contributed by atoms with Gasteiger partial charge in [-0.2, -0.15) is 13.5 Å². The minimum Gasteiger partial charge on any atom is -0.503 e. The fraction of sp³-hybridized carbons (Fsp3) is 0.0667. The Bertz CT molecular complexity index is 1170. The Balaban J connectivity index is 1.84. The molecule has 1 heterocycles. The molecule has 1 aromatic heterocycles. The van der Waals surface area contributed by atoms with E-state index in [1.54, 1.807) is 0 Å². The average Bonchev–Trinajstić information content (AvgIpc) is 2.98. The van der Waals surface area contributed by atoms with Gasteiger partial charge in [-0.3, -0.25) is 4.98 Å². The summed E-state index contributed by atoms with van der Waals surface area (Å²) < 4.78 is 34.3. The largest absolute Gasteiger partial charge is 0.503 e. The van der Waals surface area contributed by atoms with Crippen molar-refractivity contribution in [1.82, 2.24) is 9.82 Å². The van der Waals surface area contributed by atoms with Gasteiger partial charge in [-0.25, -0.2) is 9.63 Å². The lowest BCUT2D eigenvalue weighted by molar-refractivity contribution is 0.373. The van der Waals surface area contributed by atoms with Crippen LogP contribution in [0.4, 0.5) is 0 Å². The van der Waals surface area contributed by atoms with E-state index in [1.165, 1.54) is 37.4 Å². The van der Waals surface area contributed by atoms with Crippen LogP contribution in [0.1, 0.15) is 5.56 Å². The number of oxazole rings is 1. The van der Waals surface area contributed by atoms with E-state index in [4.69, 9.17) is 20.8 Å². The summed E-state index contributed by atoms with van der Waals surface area (Å²) in [6, 6.07) is 6.84. The van der Waals surface area contributed by atoms with Crippen LogP contribution >= 0.6 is 11.6 Å². The third-order valence-corrected chi connectivity index (χ3v) is 5.03. The molecule has 2 aromatic carbocycles. The molecule has 3 aromatic rings. The average molecular weight is 398 g/mol. The number of methoxy groups -OCH3 is 1. The zero-order valence-corrected chi connectivity index (χ0v) is 14.8. The molecule has 0 aliphatic carbocycles. The molecule has 0 saturated carbocycles. The van der Waals surface area contributed by atoms with Gasteiger partial charge in [0.05, 0.1) is 28.8 Å². The van der Waals surface area contributed by atoms with Crippen molar-refractivity contribution in [3.05, 3.63) is 51.5 Å². The summed E-state index contributed by atoms with van der Waals surface area (Å²) in [5, 5.41) is 13.4. The molecule has 0 bridgehead atoms. The number of aromatic hydroxyl groups is 1. The van der Waals surface area contributed by atoms with Crippen LogP contribution in [0.2, 0.25) is 5.02 Å². The summed E-state index contributed by atoms with van der Waals surface area (Å²) in [6.07, 6.45) is 1.13. The van der Waals surface area contributed by atoms with Crippen LogP contribution in [-0.2, 0) is 10.0 Å². The number of aromatic amines is 1. The van der Waals surface area contributed by atoms with Crippen molar-refractivity contribution >= 4 is 38.9 Å². The molecule has 136 valence electrons. The normalized spacial score (nSPS) is 11.9. The Kier molecular flexibility index (Phi) is 4.62. The summed E-state index contributed by atoms with van der Waals surface area (Å²) >= 11 is 5.97. The number of H-pyrrole nitrogens is 1. The van der Waals surface area contributed by atoms with Gasteiger partial charge in [-0.05, 0) is 24.3 Å². The predicted molar refractivity (Wildman–Crippen MR) is 94.4 cm³/mol. The zero-order chi connectivity index (χ0) is 18.9. The SMILES string of the molecule is COc1ccc(/C=N/NS(=O)(=O)c2ccc3[nH]c(=O)oc3c2)c(Cl)c1O. The van der Waals surface area contributed by atoms with Crippen molar-refractivity contribution in [2.75, 3.05) is 7.11 Å². The molecule has 0 fully saturated rings. The highest BCUT2D eigenvalue weighted by Crippen LogP contribution is 2.35. The second kappa shape index (κ2) is 6.73. The molecule has 3 rings (SSSR count). The monoisotopic (exact) mass is 397 g/mol. The lowest BCUT2D eigenvalue weighted by Gasteiger charge is -2.07. The highest BCUT2D eigenvalue weighted by atomic mass is 35.5. The van der Waals surface area contributed by atoms with Gasteiger partial charge in [-0.1, -0.05) is 11.6 Å². The predicted octanol–water partition coefficient (Wildman–Crippen LogP) is 1.80. The number of aromatic nitrogens is 1. The number of benzene rings is 2. The number of fused-ring (bicyclic) bond motifs is 1. The van der Waals surface area contributed by atoms with Gasteiger partial charge in [0.25, 0.3) is 10.0 Å². The fourth-order valence-electron chi connectivity index (χ4n) is 2.14. The molecule has 0 aliphatic heterocycles. The highest BCUT2D eigenvalue weighted by molar-refractivity contribution is 7.89. The van der Waals surface area contributed by atoms with Gasteiger partial charge < -0.3 is 14.3 Å². The summed E-state index contributed by atoms with van der Waals surface area (Å²) in [7, 11) is -2.63. The molecule has 9 nitrogen and oxygen atoms in total. The Morgan fingerprint density at radius 2 is 2.12 bits per heavy atom. The van der Waals surface area contributed by atoms with E-state index in [1.807, 2.05) is 4.83 Å². The van der Waals surface area contributed by atoms with Crippen LogP contribution in [0.15, 0.2) is 49.5 Å². The van der Waals surface area contributed by atoms with E-state index >= 15 is 0 Å². The molecule has 0 atom stereocenters. The van der Waals surface area contributed by atoms with E-state index in [-0.39, 0.29) is 32.6 Å². The van der Waals surface area contributed by atoms with Gasteiger partial charge in [0.2, 0.25) is 0 Å². The molecular weight excluding hydrogens is 386 g/mol. The number of sulfonamides is 1. The molecule has 11 heteroatoms. The maximum absolute atomic E-state index is 12.3. The molecule has 3 N–H and O–H groups in total. The lowest BCUT2D eigenvalue weighted by Crippen LogP contribution is -2.18. The smallest absolute Gasteiger partial charge is 0.417 e. The van der Waals surface area contributed by atoms with Crippen molar-refractivity contribution in [3.63, 3.8) is 0 Å². The number of phenolic OH excluding ortho intramolecular Hbond substituents is 1. The molecule has 0 spiro atoms. The number of ether oxygens (including phenoxy) is 1. The Labute approximate surface area is 151 Å². The second-order valence-corrected chi connectivity index (χ2v) is 7.08. The first-order valence-electron chi connectivity index (χ1n) is 7.05. The lowest BCUT2D eigenvalue weighted by atomic mass is 10.2. The number of phenols is 1. The quantitative estimate of drug-likeness (QED) is 0.444. The topological polar surface area (TPSA) is 134 Å². The number of hydrogen-bond acceptors (Lipinski definition) is 7. The van der Waals surface area contributed by atoms with Crippen molar-refractivity contribution in [2.24, 2.45) is 5.10 Å². The standard InChI is InChI=1S/C15H12ClN3O6S/c1-24-11-5-2-8(13(16)14(11)20)7-17-19-26(22,23)9-3-4-10-12(6-9)25-15(21)18-10/h2-7,19-20H,1H3,(H,18,21)/b17-7+. The number of rotatable bonds is 5. The minimum atomic E-state index is -4.00. The summed E-state index contributed by atoms with van der Waals surface area (Å²) in [4.78, 5) is 15.4. The first-order chi connectivity index (χ1) is 12.3. The Morgan fingerprint density at radius 3 is 2.85 bits per heavy atom. The van der Waals surface area contributed by atoms with Crippen LogP contribution in [0.3, 0.4) is 0 Å². The van der Waals surface area contributed by atoms with Gasteiger partial charge in [0.15, 0.2) is 17.1 Å². The fourth-order valence-corrected chi connectivity index (χ4v) is 3.15. The van der Waals surface area contributed by atoms with Crippen LogP contribution < -0.4 is 15.3 Å². The van der Waals surface area contributed by atoms with E-state index in [9.17, 15) is 18.3 Å². The molecular formula is C15H12ClN3O6S. The van der Waals surface area contributed by atoms with E-state index in [2.05, 4.69) is 10.1 Å². The van der Waals surface area contributed by atoms with Gasteiger partial charge in [0, 0.05) is 11.6 Å². The van der Waals surface area contributed by atoms with Crippen molar-refractivity contribution < 1.29 is 22.7 Å². The summed E-state index contributed by atoms with van der Waals surface area (Å²) in [5.74, 6) is -0.794. The van der Waals surface area contributed by atoms with E-state index in [0.717, 1.165) is 6.21 Å². The van der Waals surface area contributed by atoms with Crippen molar-refractivity contribution in [2.45, 2.75) is 4.90 Å². The number of hydrazone groups is 1. The molecule has 26 heavy (non-hydrogen) atoms. The number of nitrogens with zero attached hydrogens (tertiary/aromatic N) is 1. The molecule has 0 saturated heterocycles. The number of halogens is 1. The number of nitrogens with one attached hydrogen (secondary N) is 2.